The summed E-state index contributed by atoms with van der Waals surface area (Å²) < 4.78 is 5.23. The topological polar surface area (TPSA) is 60.2 Å². The summed E-state index contributed by atoms with van der Waals surface area (Å²) in [7, 11) is 0. The average Bonchev–Trinajstić information content (AvgIpc) is 2.20. The van der Waals surface area contributed by atoms with Gasteiger partial charge in [-0.25, -0.2) is 4.98 Å². The normalized spacial score (nSPS) is 10.1. The van der Waals surface area contributed by atoms with Gasteiger partial charge in [0.15, 0.2) is 0 Å². The summed E-state index contributed by atoms with van der Waals surface area (Å²) in [6.45, 7) is 4.63. The van der Waals surface area contributed by atoms with Crippen molar-refractivity contribution in [2.75, 3.05) is 31.6 Å². The van der Waals surface area contributed by atoms with Gasteiger partial charge in [0.05, 0.1) is 13.2 Å². The molecule has 0 atom stereocenters. The molecule has 0 aromatic carbocycles. The van der Waals surface area contributed by atoms with Gasteiger partial charge in [-0.1, -0.05) is 6.07 Å². The van der Waals surface area contributed by atoms with E-state index in [0.29, 0.717) is 19.8 Å². The highest BCUT2D eigenvalue weighted by Gasteiger charge is 1.95. The first kappa shape index (κ1) is 10.9. The molecule has 3 N–H and O–H groups in total. The Morgan fingerprint density at radius 1 is 1.50 bits per heavy atom. The van der Waals surface area contributed by atoms with Crippen molar-refractivity contribution in [3.05, 3.63) is 23.9 Å². The molecule has 0 radical (unpaired) electrons. The van der Waals surface area contributed by atoms with Crippen molar-refractivity contribution in [1.29, 1.82) is 0 Å². The zero-order valence-corrected chi connectivity index (χ0v) is 8.49. The van der Waals surface area contributed by atoms with Crippen LogP contribution < -0.4 is 11.1 Å². The van der Waals surface area contributed by atoms with Crippen LogP contribution in [0.1, 0.15) is 5.56 Å². The van der Waals surface area contributed by atoms with E-state index in [1.807, 2.05) is 19.1 Å². The predicted octanol–water partition coefficient (Wildman–Crippen LogP) is 0.777. The largest absolute Gasteiger partial charge is 0.378 e. The Bertz CT molecular complexity index is 265. The number of hydrogen-bond donors (Lipinski definition) is 2. The predicted molar refractivity (Wildman–Crippen MR) is 57.3 cm³/mol. The average molecular weight is 195 g/mol. The number of anilines is 1. The van der Waals surface area contributed by atoms with E-state index in [2.05, 4.69) is 10.3 Å². The molecule has 4 heteroatoms. The van der Waals surface area contributed by atoms with E-state index in [0.717, 1.165) is 17.9 Å². The molecule has 0 unspecified atom stereocenters. The summed E-state index contributed by atoms with van der Waals surface area (Å²) in [5.41, 5.74) is 6.43. The van der Waals surface area contributed by atoms with Gasteiger partial charge < -0.3 is 15.8 Å². The van der Waals surface area contributed by atoms with Crippen LogP contribution in [0.3, 0.4) is 0 Å². The van der Waals surface area contributed by atoms with Gasteiger partial charge in [0, 0.05) is 19.3 Å². The molecule has 1 heterocycles. The van der Waals surface area contributed by atoms with Crippen LogP contribution in [0, 0.1) is 6.92 Å². The zero-order chi connectivity index (χ0) is 10.2. The van der Waals surface area contributed by atoms with Crippen LogP contribution in [0.5, 0.6) is 0 Å². The first-order chi connectivity index (χ1) is 6.84. The van der Waals surface area contributed by atoms with E-state index in [1.54, 1.807) is 6.20 Å². The molecule has 1 aromatic rings. The molecule has 0 amide bonds. The third-order valence-electron chi connectivity index (χ3n) is 1.81. The molecule has 1 rings (SSSR count). The number of nitrogens with two attached hydrogens (primary N) is 1. The van der Waals surface area contributed by atoms with Crippen LogP contribution in [-0.2, 0) is 4.74 Å². The van der Waals surface area contributed by atoms with E-state index < -0.39 is 0 Å². The highest BCUT2D eigenvalue weighted by Crippen LogP contribution is 2.07. The molecule has 4 nitrogen and oxygen atoms in total. The lowest BCUT2D eigenvalue weighted by atomic mass is 10.3. The summed E-state index contributed by atoms with van der Waals surface area (Å²) >= 11 is 0. The molecule has 0 aliphatic rings. The number of ether oxygens (including phenoxy) is 1. The van der Waals surface area contributed by atoms with Crippen LogP contribution in [-0.4, -0.2) is 31.3 Å². The van der Waals surface area contributed by atoms with Gasteiger partial charge in [-0.3, -0.25) is 0 Å². The van der Waals surface area contributed by atoms with E-state index in [4.69, 9.17) is 10.5 Å². The van der Waals surface area contributed by atoms with Crippen LogP contribution in [0.2, 0.25) is 0 Å². The Hall–Kier alpha value is -1.13. The van der Waals surface area contributed by atoms with Crippen molar-refractivity contribution in [2.45, 2.75) is 6.92 Å². The molecular formula is C10H17N3O. The number of aromatic nitrogens is 1. The maximum Gasteiger partial charge on any atom is 0.128 e. The summed E-state index contributed by atoms with van der Waals surface area (Å²) in [5.74, 6) is 0.920. The Labute approximate surface area is 84.5 Å². The van der Waals surface area contributed by atoms with Gasteiger partial charge in [-0.15, -0.1) is 0 Å². The lowest BCUT2D eigenvalue weighted by Gasteiger charge is -2.07. The molecule has 0 saturated carbocycles. The lowest BCUT2D eigenvalue weighted by molar-refractivity contribution is 0.151. The molecule has 0 spiro atoms. The zero-order valence-electron chi connectivity index (χ0n) is 8.49. The van der Waals surface area contributed by atoms with Gasteiger partial charge >= 0.3 is 0 Å². The van der Waals surface area contributed by atoms with Crippen molar-refractivity contribution in [1.82, 2.24) is 4.98 Å². The number of aryl methyl sites for hydroxylation is 1. The van der Waals surface area contributed by atoms with Gasteiger partial charge in [-0.2, -0.15) is 0 Å². The highest BCUT2D eigenvalue weighted by molar-refractivity contribution is 5.42. The summed E-state index contributed by atoms with van der Waals surface area (Å²) in [5, 5.41) is 3.19. The van der Waals surface area contributed by atoms with Crippen LogP contribution in [0.4, 0.5) is 5.82 Å². The standard InChI is InChI=1S/C10H17N3O/c1-9-3-2-5-12-10(9)13-6-8-14-7-4-11/h2-3,5H,4,6-8,11H2,1H3,(H,12,13). The fourth-order valence-corrected chi connectivity index (χ4v) is 1.10. The fourth-order valence-electron chi connectivity index (χ4n) is 1.10. The van der Waals surface area contributed by atoms with Gasteiger partial charge in [-0.05, 0) is 18.6 Å². The quantitative estimate of drug-likeness (QED) is 0.658. The molecule has 0 fully saturated rings. The summed E-state index contributed by atoms with van der Waals surface area (Å²) in [6, 6.07) is 3.95. The second kappa shape index (κ2) is 6.34. The highest BCUT2D eigenvalue weighted by atomic mass is 16.5. The van der Waals surface area contributed by atoms with E-state index in [-0.39, 0.29) is 0 Å². The molecule has 14 heavy (non-hydrogen) atoms. The van der Waals surface area contributed by atoms with E-state index in [9.17, 15) is 0 Å². The SMILES string of the molecule is Cc1cccnc1NCCOCCN. The molecule has 0 aliphatic heterocycles. The number of nitrogens with one attached hydrogen (secondary N) is 1. The van der Waals surface area contributed by atoms with Crippen LogP contribution in [0.15, 0.2) is 18.3 Å². The molecule has 1 aromatic heterocycles. The minimum Gasteiger partial charge on any atom is -0.378 e. The first-order valence-electron chi connectivity index (χ1n) is 4.78. The molecule has 0 bridgehead atoms. The Morgan fingerprint density at radius 3 is 3.07 bits per heavy atom. The Kier molecular flexibility index (Phi) is 4.96. The van der Waals surface area contributed by atoms with Crippen molar-refractivity contribution >= 4 is 5.82 Å². The summed E-state index contributed by atoms with van der Waals surface area (Å²) in [4.78, 5) is 4.20. The fraction of sp³-hybridized carbons (Fsp3) is 0.500. The number of nitrogens with zero attached hydrogens (tertiary/aromatic N) is 1. The first-order valence-corrected chi connectivity index (χ1v) is 4.78. The van der Waals surface area contributed by atoms with Gasteiger partial charge in [0.1, 0.15) is 5.82 Å². The van der Waals surface area contributed by atoms with Gasteiger partial charge in [0.2, 0.25) is 0 Å². The number of rotatable bonds is 6. The lowest BCUT2D eigenvalue weighted by Crippen LogP contribution is -2.15. The molecule has 0 saturated heterocycles. The second-order valence-corrected chi connectivity index (χ2v) is 3.00. The van der Waals surface area contributed by atoms with Crippen molar-refractivity contribution in [3.8, 4) is 0 Å². The maximum absolute atomic E-state index is 5.29. The van der Waals surface area contributed by atoms with Crippen molar-refractivity contribution < 1.29 is 4.74 Å². The van der Waals surface area contributed by atoms with E-state index >= 15 is 0 Å². The Morgan fingerprint density at radius 2 is 2.36 bits per heavy atom. The molecule has 0 aliphatic carbocycles. The van der Waals surface area contributed by atoms with Crippen LogP contribution >= 0.6 is 0 Å². The number of hydrogen-bond acceptors (Lipinski definition) is 4. The van der Waals surface area contributed by atoms with Crippen LogP contribution in [0.25, 0.3) is 0 Å². The third kappa shape index (κ3) is 3.72. The smallest absolute Gasteiger partial charge is 0.128 e. The number of pyridine rings is 1. The van der Waals surface area contributed by atoms with E-state index in [1.165, 1.54) is 0 Å². The second-order valence-electron chi connectivity index (χ2n) is 3.00. The minimum atomic E-state index is 0.572. The monoisotopic (exact) mass is 195 g/mol. The summed E-state index contributed by atoms with van der Waals surface area (Å²) in [6.07, 6.45) is 1.77. The minimum absolute atomic E-state index is 0.572. The van der Waals surface area contributed by atoms with Gasteiger partial charge in [0.25, 0.3) is 0 Å². The third-order valence-corrected chi connectivity index (χ3v) is 1.81. The van der Waals surface area contributed by atoms with Crippen molar-refractivity contribution in [3.63, 3.8) is 0 Å². The maximum atomic E-state index is 5.29. The van der Waals surface area contributed by atoms with Crippen molar-refractivity contribution in [2.24, 2.45) is 5.73 Å². The Balaban J connectivity index is 2.21. The molecule has 78 valence electrons. The molecular weight excluding hydrogens is 178 g/mol.